The van der Waals surface area contributed by atoms with Crippen LogP contribution in [0.4, 0.5) is 10.8 Å². The Bertz CT molecular complexity index is 709. The first kappa shape index (κ1) is 13.7. The van der Waals surface area contributed by atoms with Crippen molar-refractivity contribution in [3.05, 3.63) is 39.1 Å². The second kappa shape index (κ2) is 5.96. The summed E-state index contributed by atoms with van der Waals surface area (Å²) in [4.78, 5) is 28.7. The van der Waals surface area contributed by atoms with Crippen molar-refractivity contribution >= 4 is 28.1 Å². The van der Waals surface area contributed by atoms with Gasteiger partial charge in [-0.05, 0) is 0 Å². The fourth-order valence-corrected chi connectivity index (χ4v) is 1.99. The normalized spacial score (nSPS) is 9.65. The quantitative estimate of drug-likeness (QED) is 0.442. The average molecular weight is 292 g/mol. The van der Waals surface area contributed by atoms with Crippen LogP contribution in [0.5, 0.6) is 0 Å². The molecular weight excluding hydrogens is 284 g/mol. The lowest BCUT2D eigenvalue weighted by Gasteiger charge is -1.97. The van der Waals surface area contributed by atoms with E-state index < -0.39 is 10.8 Å². The van der Waals surface area contributed by atoms with Gasteiger partial charge in [0.05, 0.1) is 22.2 Å². The smallest absolute Gasteiger partial charge is 0.287 e. The van der Waals surface area contributed by atoms with Gasteiger partial charge in [-0.3, -0.25) is 20.2 Å². The number of anilines is 1. The van der Waals surface area contributed by atoms with Crippen LogP contribution >= 0.6 is 11.3 Å². The second-order valence-electron chi connectivity index (χ2n) is 3.47. The standard InChI is InChI=1S/C11H8N4O4S/c16-3-1-2-8-6-13-11(20-8)14-10(17)9-4-7(5-12-9)15(18)19/h4-6,12,16H,3H2,(H,13,14,17). The van der Waals surface area contributed by atoms with Gasteiger partial charge in [0, 0.05) is 6.07 Å². The number of thiazole rings is 1. The van der Waals surface area contributed by atoms with E-state index in [0.717, 1.165) is 23.6 Å². The second-order valence-corrected chi connectivity index (χ2v) is 4.50. The highest BCUT2D eigenvalue weighted by molar-refractivity contribution is 7.16. The molecule has 0 bridgehead atoms. The molecule has 0 aliphatic rings. The Kier molecular flexibility index (Phi) is 4.09. The highest BCUT2D eigenvalue weighted by Crippen LogP contribution is 2.19. The number of hydrogen-bond acceptors (Lipinski definition) is 6. The number of H-pyrrole nitrogens is 1. The van der Waals surface area contributed by atoms with Crippen LogP contribution in [0, 0.1) is 22.0 Å². The van der Waals surface area contributed by atoms with Gasteiger partial charge in [0.2, 0.25) is 0 Å². The number of amides is 1. The molecular formula is C11H8N4O4S. The number of aromatic amines is 1. The maximum Gasteiger partial charge on any atom is 0.287 e. The Hall–Kier alpha value is -2.70. The summed E-state index contributed by atoms with van der Waals surface area (Å²) in [7, 11) is 0. The molecule has 0 spiro atoms. The van der Waals surface area contributed by atoms with E-state index in [4.69, 9.17) is 5.11 Å². The number of aliphatic hydroxyl groups is 1. The lowest BCUT2D eigenvalue weighted by atomic mass is 10.4. The molecule has 2 aromatic heterocycles. The summed E-state index contributed by atoms with van der Waals surface area (Å²) < 4.78 is 0. The molecule has 0 radical (unpaired) electrons. The molecule has 3 N–H and O–H groups in total. The van der Waals surface area contributed by atoms with E-state index in [9.17, 15) is 14.9 Å². The van der Waals surface area contributed by atoms with Crippen molar-refractivity contribution in [2.45, 2.75) is 0 Å². The SMILES string of the molecule is O=C(Nc1ncc(C#CCO)s1)c1cc([N+](=O)[O-])c[nH]1. The van der Waals surface area contributed by atoms with E-state index in [1.165, 1.54) is 6.20 Å². The van der Waals surface area contributed by atoms with Crippen molar-refractivity contribution in [1.82, 2.24) is 9.97 Å². The average Bonchev–Trinajstić information content (AvgIpc) is 3.05. The fraction of sp³-hybridized carbons (Fsp3) is 0.0909. The third-order valence-corrected chi connectivity index (χ3v) is 2.97. The van der Waals surface area contributed by atoms with Crippen LogP contribution in [0.25, 0.3) is 0 Å². The summed E-state index contributed by atoms with van der Waals surface area (Å²) in [6.45, 7) is -0.258. The molecule has 0 atom stereocenters. The van der Waals surface area contributed by atoms with Crippen molar-refractivity contribution in [2.75, 3.05) is 11.9 Å². The Balaban J connectivity index is 2.07. The molecule has 0 saturated heterocycles. The molecule has 0 saturated carbocycles. The van der Waals surface area contributed by atoms with Crippen molar-refractivity contribution in [3.63, 3.8) is 0 Å². The molecule has 2 rings (SSSR count). The van der Waals surface area contributed by atoms with Crippen molar-refractivity contribution in [1.29, 1.82) is 0 Å². The minimum absolute atomic E-state index is 0.0647. The third kappa shape index (κ3) is 3.19. The van der Waals surface area contributed by atoms with Crippen LogP contribution in [0.1, 0.15) is 15.4 Å². The number of hydrogen-bond donors (Lipinski definition) is 3. The van der Waals surface area contributed by atoms with E-state index in [2.05, 4.69) is 27.1 Å². The number of nitrogens with one attached hydrogen (secondary N) is 2. The first-order valence-corrected chi connectivity index (χ1v) is 6.11. The van der Waals surface area contributed by atoms with E-state index in [1.54, 1.807) is 0 Å². The summed E-state index contributed by atoms with van der Waals surface area (Å²) in [6, 6.07) is 1.13. The Morgan fingerprint density at radius 1 is 1.65 bits per heavy atom. The number of rotatable bonds is 3. The molecule has 0 aromatic carbocycles. The summed E-state index contributed by atoms with van der Waals surface area (Å²) in [5.74, 6) is 4.58. The van der Waals surface area contributed by atoms with Gasteiger partial charge in [-0.25, -0.2) is 4.98 Å². The molecule has 0 fully saturated rings. The van der Waals surface area contributed by atoms with Crippen LogP contribution < -0.4 is 5.32 Å². The maximum absolute atomic E-state index is 11.8. The number of nitro groups is 1. The zero-order valence-electron chi connectivity index (χ0n) is 9.91. The van der Waals surface area contributed by atoms with E-state index in [0.29, 0.717) is 10.0 Å². The number of carbonyl (C=O) groups is 1. The first-order valence-electron chi connectivity index (χ1n) is 5.30. The number of aliphatic hydroxyl groups excluding tert-OH is 1. The molecule has 102 valence electrons. The van der Waals surface area contributed by atoms with Gasteiger partial charge in [-0.15, -0.1) is 0 Å². The number of aromatic nitrogens is 2. The molecule has 2 heterocycles. The Morgan fingerprint density at radius 2 is 2.45 bits per heavy atom. The van der Waals surface area contributed by atoms with Crippen LogP contribution in [0.15, 0.2) is 18.5 Å². The summed E-state index contributed by atoms with van der Waals surface area (Å²) in [5.41, 5.74) is -0.126. The first-order chi connectivity index (χ1) is 9.60. The van der Waals surface area contributed by atoms with Gasteiger partial charge in [0.25, 0.3) is 11.6 Å². The topological polar surface area (TPSA) is 121 Å². The zero-order valence-corrected chi connectivity index (χ0v) is 10.7. The molecule has 0 unspecified atom stereocenters. The molecule has 9 heteroatoms. The van der Waals surface area contributed by atoms with E-state index in [-0.39, 0.29) is 18.0 Å². The van der Waals surface area contributed by atoms with Gasteiger partial charge < -0.3 is 10.1 Å². The largest absolute Gasteiger partial charge is 0.384 e. The molecule has 20 heavy (non-hydrogen) atoms. The highest BCUT2D eigenvalue weighted by Gasteiger charge is 2.15. The number of carbonyl (C=O) groups excluding carboxylic acids is 1. The number of nitrogens with zero attached hydrogens (tertiary/aromatic N) is 2. The van der Waals surface area contributed by atoms with Gasteiger partial charge in [-0.2, -0.15) is 0 Å². The third-order valence-electron chi connectivity index (χ3n) is 2.14. The lowest BCUT2D eigenvalue weighted by Crippen LogP contribution is -2.11. The van der Waals surface area contributed by atoms with Crippen LogP contribution in [0.2, 0.25) is 0 Å². The summed E-state index contributed by atoms with van der Waals surface area (Å²) in [6.07, 6.45) is 2.59. The van der Waals surface area contributed by atoms with E-state index >= 15 is 0 Å². The highest BCUT2D eigenvalue weighted by atomic mass is 32.1. The minimum atomic E-state index is -0.598. The lowest BCUT2D eigenvalue weighted by molar-refractivity contribution is -0.384. The van der Waals surface area contributed by atoms with E-state index in [1.807, 2.05) is 0 Å². The van der Waals surface area contributed by atoms with Gasteiger partial charge in [-0.1, -0.05) is 23.2 Å². The molecule has 2 aromatic rings. The van der Waals surface area contributed by atoms with Crippen molar-refractivity contribution < 1.29 is 14.8 Å². The predicted molar refractivity (Wildman–Crippen MR) is 71.5 cm³/mol. The van der Waals surface area contributed by atoms with Crippen LogP contribution in [-0.2, 0) is 0 Å². The summed E-state index contributed by atoms with van der Waals surface area (Å²) >= 11 is 1.13. The molecule has 0 aliphatic carbocycles. The van der Waals surface area contributed by atoms with Crippen LogP contribution in [0.3, 0.4) is 0 Å². The molecule has 8 nitrogen and oxygen atoms in total. The Morgan fingerprint density at radius 3 is 3.10 bits per heavy atom. The predicted octanol–water partition coefficient (Wildman–Crippen LogP) is 0.975. The minimum Gasteiger partial charge on any atom is -0.384 e. The van der Waals surface area contributed by atoms with Gasteiger partial charge in [0.1, 0.15) is 12.3 Å². The van der Waals surface area contributed by atoms with Gasteiger partial charge in [0.15, 0.2) is 5.13 Å². The van der Waals surface area contributed by atoms with Crippen molar-refractivity contribution in [2.24, 2.45) is 0 Å². The fourth-order valence-electron chi connectivity index (χ4n) is 1.30. The van der Waals surface area contributed by atoms with Crippen LogP contribution in [-0.4, -0.2) is 32.5 Å². The molecule has 1 amide bonds. The monoisotopic (exact) mass is 292 g/mol. The zero-order chi connectivity index (χ0) is 14.5. The van der Waals surface area contributed by atoms with Crippen molar-refractivity contribution in [3.8, 4) is 11.8 Å². The maximum atomic E-state index is 11.8. The molecule has 0 aliphatic heterocycles. The van der Waals surface area contributed by atoms with Gasteiger partial charge >= 0.3 is 0 Å². The summed E-state index contributed by atoms with van der Waals surface area (Å²) in [5, 5.41) is 21.9. The Labute approximate surface area is 116 Å².